The van der Waals surface area contributed by atoms with Crippen molar-refractivity contribution in [3.05, 3.63) is 81.5 Å². The minimum atomic E-state index is -1.46. The van der Waals surface area contributed by atoms with Gasteiger partial charge in [0.15, 0.2) is 10.2 Å². The van der Waals surface area contributed by atoms with Crippen LogP contribution in [0.2, 0.25) is 5.02 Å². The number of hydrogen-bond donors (Lipinski definition) is 3. The molecule has 8 nitrogen and oxygen atoms in total. The summed E-state index contributed by atoms with van der Waals surface area (Å²) in [6.45, 7) is 1.87. The molecule has 0 radical (unpaired) electrons. The number of halogens is 3. The van der Waals surface area contributed by atoms with Gasteiger partial charge in [0.25, 0.3) is 12.1 Å². The summed E-state index contributed by atoms with van der Waals surface area (Å²) >= 11 is 18.8. The van der Waals surface area contributed by atoms with E-state index in [9.17, 15) is 14.9 Å². The van der Waals surface area contributed by atoms with Crippen molar-refractivity contribution in [1.29, 1.82) is 0 Å². The highest BCUT2D eigenvalue weighted by Gasteiger charge is 2.36. The Labute approximate surface area is 188 Å². The fraction of sp³-hybridized carbons (Fsp3) is 0.263. The van der Waals surface area contributed by atoms with Crippen LogP contribution < -0.4 is 16.0 Å². The predicted molar refractivity (Wildman–Crippen MR) is 118 cm³/mol. The van der Waals surface area contributed by atoms with Gasteiger partial charge in [0.05, 0.1) is 16.8 Å². The van der Waals surface area contributed by atoms with E-state index < -0.39 is 21.3 Å². The van der Waals surface area contributed by atoms with E-state index >= 15 is 0 Å². The molecule has 0 spiro atoms. The molecule has 0 aliphatic carbocycles. The Morgan fingerprint density at radius 2 is 1.97 bits per heavy atom. The van der Waals surface area contributed by atoms with Gasteiger partial charge in [-0.2, -0.15) is 0 Å². The lowest BCUT2D eigenvalue weighted by Crippen LogP contribution is -2.55. The van der Waals surface area contributed by atoms with E-state index in [0.29, 0.717) is 35.3 Å². The number of benzene rings is 1. The number of rotatable bonds is 10. The number of carbonyl (C=O) groups excluding carboxylic acids is 1. The van der Waals surface area contributed by atoms with Crippen LogP contribution in [-0.2, 0) is 0 Å². The summed E-state index contributed by atoms with van der Waals surface area (Å²) in [5, 5.41) is 19.9. The number of alkyl halides is 2. The molecular weight excluding hydrogens is 453 g/mol. The fourth-order valence-electron chi connectivity index (χ4n) is 2.50. The third-order valence-electron chi connectivity index (χ3n) is 3.86. The molecular formula is C19H20Cl3N5O3. The average Bonchev–Trinajstić information content (AvgIpc) is 2.68. The molecule has 0 saturated heterocycles. The largest absolute Gasteiger partial charge is 0.344 e. The topological polar surface area (TPSA) is 109 Å². The van der Waals surface area contributed by atoms with Crippen LogP contribution in [0.1, 0.15) is 30.1 Å². The van der Waals surface area contributed by atoms with E-state index in [4.69, 9.17) is 34.8 Å². The maximum atomic E-state index is 12.7. The summed E-state index contributed by atoms with van der Waals surface area (Å²) in [6.07, 6.45) is 3.63. The molecule has 160 valence electrons. The number of carbonyl (C=O) groups is 1. The average molecular weight is 473 g/mol. The summed E-state index contributed by atoms with van der Waals surface area (Å²) in [6, 6.07) is 9.56. The van der Waals surface area contributed by atoms with E-state index in [1.165, 1.54) is 6.20 Å². The number of anilines is 1. The van der Waals surface area contributed by atoms with Gasteiger partial charge in [0, 0.05) is 16.8 Å². The number of hydrogen-bond acceptors (Lipinski definition) is 6. The molecule has 1 aromatic heterocycles. The monoisotopic (exact) mass is 471 g/mol. The van der Waals surface area contributed by atoms with E-state index in [1.54, 1.807) is 42.6 Å². The number of nitrogens with zero attached hydrogens (tertiary/aromatic N) is 2. The fourth-order valence-corrected chi connectivity index (χ4v) is 3.22. The smallest absolute Gasteiger partial charge is 0.274 e. The van der Waals surface area contributed by atoms with Crippen LogP contribution in [0.3, 0.4) is 0 Å². The van der Waals surface area contributed by atoms with Gasteiger partial charge in [-0.1, -0.05) is 48.1 Å². The Balaban J connectivity index is 2.28. The van der Waals surface area contributed by atoms with Crippen molar-refractivity contribution < 1.29 is 9.72 Å². The molecule has 0 aliphatic heterocycles. The van der Waals surface area contributed by atoms with E-state index in [-0.39, 0.29) is 5.82 Å². The molecule has 2 rings (SSSR count). The van der Waals surface area contributed by atoms with Crippen molar-refractivity contribution in [2.75, 3.05) is 5.32 Å². The maximum Gasteiger partial charge on any atom is 0.274 e. The van der Waals surface area contributed by atoms with Gasteiger partial charge < -0.3 is 16.0 Å². The minimum absolute atomic E-state index is 0.0313. The zero-order valence-electron chi connectivity index (χ0n) is 15.9. The van der Waals surface area contributed by atoms with Gasteiger partial charge in [-0.05, 0) is 42.8 Å². The van der Waals surface area contributed by atoms with Crippen LogP contribution in [0.5, 0.6) is 0 Å². The SMILES string of the molecule is CCCC(Cl)(Cl)C(NC(=O)c1ccc(Cl)cc1)N/C(=C/[N+](=O)[O-])Nc1cccnc1. The first kappa shape index (κ1) is 23.7. The molecule has 0 fully saturated rings. The minimum Gasteiger partial charge on any atom is -0.344 e. The third-order valence-corrected chi connectivity index (χ3v) is 4.93. The van der Waals surface area contributed by atoms with Gasteiger partial charge in [0.1, 0.15) is 6.17 Å². The van der Waals surface area contributed by atoms with Gasteiger partial charge in [0.2, 0.25) is 0 Å². The van der Waals surface area contributed by atoms with Gasteiger partial charge in [-0.25, -0.2) is 0 Å². The Kier molecular flexibility index (Phi) is 8.71. The van der Waals surface area contributed by atoms with Crippen molar-refractivity contribution in [3.63, 3.8) is 0 Å². The van der Waals surface area contributed by atoms with Crippen LogP contribution in [0.15, 0.2) is 60.8 Å². The predicted octanol–water partition coefficient (Wildman–Crippen LogP) is 4.54. The van der Waals surface area contributed by atoms with Crippen LogP contribution in [0.4, 0.5) is 5.69 Å². The molecule has 11 heteroatoms. The van der Waals surface area contributed by atoms with Crippen molar-refractivity contribution in [1.82, 2.24) is 15.6 Å². The van der Waals surface area contributed by atoms with E-state index in [0.717, 1.165) is 0 Å². The summed E-state index contributed by atoms with van der Waals surface area (Å²) in [4.78, 5) is 27.1. The summed E-state index contributed by atoms with van der Waals surface area (Å²) < 4.78 is -1.46. The van der Waals surface area contributed by atoms with Crippen molar-refractivity contribution >= 4 is 46.4 Å². The third kappa shape index (κ3) is 7.37. The normalized spacial score (nSPS) is 12.7. The number of nitrogens with one attached hydrogen (secondary N) is 3. The summed E-state index contributed by atoms with van der Waals surface area (Å²) in [7, 11) is 0. The summed E-state index contributed by atoms with van der Waals surface area (Å²) in [5.74, 6) is -0.510. The first-order valence-electron chi connectivity index (χ1n) is 8.94. The second kappa shape index (κ2) is 11.0. The standard InChI is InChI=1S/C19H20Cl3N5O3/c1-2-9-19(21,22)18(26-17(28)13-5-7-14(20)8-6-13)25-16(12-27(29)30)24-15-4-3-10-23-11-15/h3-8,10-12,18,24-25H,2,9H2,1H3,(H,26,28)/b16-12+. The van der Waals surface area contributed by atoms with Crippen molar-refractivity contribution in [2.24, 2.45) is 0 Å². The van der Waals surface area contributed by atoms with Crippen LogP contribution in [-0.4, -0.2) is 26.3 Å². The molecule has 0 bridgehead atoms. The maximum absolute atomic E-state index is 12.7. The lowest BCUT2D eigenvalue weighted by atomic mass is 10.1. The van der Waals surface area contributed by atoms with Gasteiger partial charge in [-0.3, -0.25) is 19.9 Å². The lowest BCUT2D eigenvalue weighted by Gasteiger charge is -2.32. The Morgan fingerprint density at radius 1 is 1.27 bits per heavy atom. The van der Waals surface area contributed by atoms with Crippen LogP contribution in [0, 0.1) is 10.1 Å². The van der Waals surface area contributed by atoms with Crippen LogP contribution >= 0.6 is 34.8 Å². The highest BCUT2D eigenvalue weighted by atomic mass is 35.5. The Hall–Kier alpha value is -2.55. The molecule has 1 aromatic carbocycles. The molecule has 1 atom stereocenters. The molecule has 30 heavy (non-hydrogen) atoms. The molecule has 0 saturated carbocycles. The zero-order valence-corrected chi connectivity index (χ0v) is 18.2. The molecule has 1 amide bonds. The molecule has 3 N–H and O–H groups in total. The molecule has 1 unspecified atom stereocenters. The zero-order chi connectivity index (χ0) is 22.1. The molecule has 1 heterocycles. The second-order valence-electron chi connectivity index (χ2n) is 6.26. The van der Waals surface area contributed by atoms with Gasteiger partial charge in [-0.15, -0.1) is 0 Å². The number of aromatic nitrogens is 1. The lowest BCUT2D eigenvalue weighted by molar-refractivity contribution is -0.403. The number of amides is 1. The summed E-state index contributed by atoms with van der Waals surface area (Å²) in [5.41, 5.74) is 0.818. The number of nitro groups is 1. The van der Waals surface area contributed by atoms with Crippen LogP contribution in [0.25, 0.3) is 0 Å². The first-order chi connectivity index (χ1) is 14.2. The van der Waals surface area contributed by atoms with Crippen molar-refractivity contribution in [3.8, 4) is 0 Å². The first-order valence-corrected chi connectivity index (χ1v) is 10.1. The quantitative estimate of drug-likeness (QED) is 0.203. The Bertz CT molecular complexity index is 892. The second-order valence-corrected chi connectivity index (χ2v) is 8.24. The highest BCUT2D eigenvalue weighted by Crippen LogP contribution is 2.30. The number of pyridine rings is 1. The Morgan fingerprint density at radius 3 is 2.53 bits per heavy atom. The van der Waals surface area contributed by atoms with E-state index in [1.807, 2.05) is 6.92 Å². The van der Waals surface area contributed by atoms with E-state index in [2.05, 4.69) is 20.9 Å². The van der Waals surface area contributed by atoms with Gasteiger partial charge >= 0.3 is 0 Å². The highest BCUT2D eigenvalue weighted by molar-refractivity contribution is 6.49. The molecule has 2 aromatic rings. The molecule has 0 aliphatic rings. The van der Waals surface area contributed by atoms with Crippen molar-refractivity contribution in [2.45, 2.75) is 30.3 Å².